The normalized spacial score (nSPS) is 12.7. The average molecular weight is 411 g/mol. The molecule has 0 bridgehead atoms. The fourth-order valence-corrected chi connectivity index (χ4v) is 2.92. The van der Waals surface area contributed by atoms with Crippen LogP contribution in [0.25, 0.3) is 0 Å². The van der Waals surface area contributed by atoms with Crippen LogP contribution in [0.3, 0.4) is 0 Å². The Bertz CT molecular complexity index is 822. The number of nitrogens with one attached hydrogen (secondary N) is 2. The molecule has 0 heterocycles. The fourth-order valence-electron chi connectivity index (χ4n) is 2.92. The average Bonchev–Trinajstić information content (AvgIpc) is 2.73. The highest BCUT2D eigenvalue weighted by molar-refractivity contribution is 5.88. The number of benzene rings is 2. The second kappa shape index (κ2) is 11.8. The Hall–Kier alpha value is -3.15. The topological polar surface area (TPSA) is 84.5 Å². The van der Waals surface area contributed by atoms with Gasteiger partial charge in [0.15, 0.2) is 6.10 Å². The van der Waals surface area contributed by atoms with Gasteiger partial charge in [-0.25, -0.2) is 4.79 Å². The first kappa shape index (κ1) is 23.1. The lowest BCUT2D eigenvalue weighted by Crippen LogP contribution is -2.48. The molecular formula is C24H30N2O4. The van der Waals surface area contributed by atoms with Crippen molar-refractivity contribution < 1.29 is 19.1 Å². The smallest absolute Gasteiger partial charge is 0.329 e. The molecule has 2 amide bonds. The molecule has 0 fully saturated rings. The van der Waals surface area contributed by atoms with Gasteiger partial charge in [-0.1, -0.05) is 74.5 Å². The number of hydrogen-bond acceptors (Lipinski definition) is 4. The lowest BCUT2D eigenvalue weighted by Gasteiger charge is -2.23. The van der Waals surface area contributed by atoms with E-state index in [0.717, 1.165) is 11.1 Å². The summed E-state index contributed by atoms with van der Waals surface area (Å²) in [5.41, 5.74) is 1.97. The van der Waals surface area contributed by atoms with Crippen LogP contribution in [0, 0.1) is 5.92 Å². The molecule has 2 rings (SSSR count). The molecule has 160 valence electrons. The maximum atomic E-state index is 12.6. The van der Waals surface area contributed by atoms with Gasteiger partial charge in [-0.3, -0.25) is 9.59 Å². The minimum Gasteiger partial charge on any atom is -0.451 e. The predicted octanol–water partition coefficient (Wildman–Crippen LogP) is 2.66. The predicted molar refractivity (Wildman–Crippen MR) is 116 cm³/mol. The van der Waals surface area contributed by atoms with E-state index < -0.39 is 18.1 Å². The number of amides is 2. The minimum atomic E-state index is -0.944. The van der Waals surface area contributed by atoms with Crippen molar-refractivity contribution >= 4 is 17.8 Å². The fraction of sp³-hybridized carbons (Fsp3) is 0.375. The summed E-state index contributed by atoms with van der Waals surface area (Å²) in [6, 6.07) is 18.3. The van der Waals surface area contributed by atoms with Gasteiger partial charge in [0.1, 0.15) is 6.04 Å². The van der Waals surface area contributed by atoms with Crippen LogP contribution < -0.4 is 10.6 Å². The summed E-state index contributed by atoms with van der Waals surface area (Å²) in [5, 5.41) is 5.50. The molecule has 2 N–H and O–H groups in total. The van der Waals surface area contributed by atoms with Crippen LogP contribution in [0.5, 0.6) is 0 Å². The lowest BCUT2D eigenvalue weighted by molar-refractivity contribution is -0.158. The Labute approximate surface area is 178 Å². The molecule has 0 spiro atoms. The van der Waals surface area contributed by atoms with Gasteiger partial charge in [-0.05, 0) is 30.4 Å². The van der Waals surface area contributed by atoms with E-state index in [9.17, 15) is 14.4 Å². The van der Waals surface area contributed by atoms with E-state index in [-0.39, 0.29) is 24.2 Å². The summed E-state index contributed by atoms with van der Waals surface area (Å²) < 4.78 is 5.32. The molecule has 2 aromatic rings. The SMILES string of the molecule is CC(C)[C@H](NC(=O)Cc1ccccc1)C(=O)O[C@@H](C)C(=O)NCCc1ccccc1. The summed E-state index contributed by atoms with van der Waals surface area (Å²) in [4.78, 5) is 37.1. The van der Waals surface area contributed by atoms with Crippen LogP contribution in [0.15, 0.2) is 60.7 Å². The summed E-state index contributed by atoms with van der Waals surface area (Å²) >= 11 is 0. The summed E-state index contributed by atoms with van der Waals surface area (Å²) in [6.07, 6.45) is -0.0786. The Morgan fingerprint density at radius 2 is 1.43 bits per heavy atom. The van der Waals surface area contributed by atoms with Gasteiger partial charge in [0.25, 0.3) is 5.91 Å². The molecule has 2 atom stereocenters. The van der Waals surface area contributed by atoms with Crippen molar-refractivity contribution in [2.75, 3.05) is 6.54 Å². The van der Waals surface area contributed by atoms with E-state index in [0.29, 0.717) is 13.0 Å². The van der Waals surface area contributed by atoms with Crippen molar-refractivity contribution in [2.45, 2.75) is 45.8 Å². The third kappa shape index (κ3) is 7.70. The van der Waals surface area contributed by atoms with E-state index >= 15 is 0 Å². The van der Waals surface area contributed by atoms with Crippen molar-refractivity contribution in [3.8, 4) is 0 Å². The number of esters is 1. The van der Waals surface area contributed by atoms with Gasteiger partial charge in [0, 0.05) is 6.54 Å². The lowest BCUT2D eigenvalue weighted by atomic mass is 10.0. The van der Waals surface area contributed by atoms with Crippen LogP contribution in [0.2, 0.25) is 0 Å². The molecular weight excluding hydrogens is 380 g/mol. The van der Waals surface area contributed by atoms with E-state index in [2.05, 4.69) is 10.6 Å². The zero-order chi connectivity index (χ0) is 21.9. The zero-order valence-corrected chi connectivity index (χ0v) is 17.8. The third-order valence-corrected chi connectivity index (χ3v) is 4.66. The Morgan fingerprint density at radius 1 is 0.867 bits per heavy atom. The third-order valence-electron chi connectivity index (χ3n) is 4.66. The van der Waals surface area contributed by atoms with Crippen LogP contribution in [0.1, 0.15) is 31.9 Å². The molecule has 6 heteroatoms. The second-order valence-electron chi connectivity index (χ2n) is 7.56. The first-order valence-corrected chi connectivity index (χ1v) is 10.2. The highest BCUT2D eigenvalue weighted by atomic mass is 16.5. The Morgan fingerprint density at radius 3 is 2.00 bits per heavy atom. The molecule has 2 aromatic carbocycles. The first-order chi connectivity index (χ1) is 14.4. The van der Waals surface area contributed by atoms with Gasteiger partial charge >= 0.3 is 5.97 Å². The van der Waals surface area contributed by atoms with Gasteiger partial charge in [-0.2, -0.15) is 0 Å². The van der Waals surface area contributed by atoms with Crippen LogP contribution >= 0.6 is 0 Å². The van der Waals surface area contributed by atoms with E-state index in [1.54, 1.807) is 0 Å². The maximum absolute atomic E-state index is 12.6. The number of rotatable bonds is 10. The molecule has 0 saturated carbocycles. The van der Waals surface area contributed by atoms with Crippen molar-refractivity contribution in [1.29, 1.82) is 0 Å². The van der Waals surface area contributed by atoms with Gasteiger partial charge in [0.2, 0.25) is 5.91 Å². The largest absolute Gasteiger partial charge is 0.451 e. The number of carbonyl (C=O) groups is 3. The highest BCUT2D eigenvalue weighted by Gasteiger charge is 2.28. The molecule has 30 heavy (non-hydrogen) atoms. The summed E-state index contributed by atoms with van der Waals surface area (Å²) in [6.45, 7) is 5.61. The molecule has 0 aliphatic carbocycles. The minimum absolute atomic E-state index is 0.173. The molecule has 0 saturated heterocycles. The molecule has 0 aliphatic rings. The van der Waals surface area contributed by atoms with Crippen LogP contribution in [-0.4, -0.2) is 36.5 Å². The standard InChI is InChI=1S/C24H30N2O4/c1-17(2)22(26-21(27)16-20-12-8-5-9-13-20)24(29)30-18(3)23(28)25-15-14-19-10-6-4-7-11-19/h4-13,17-18,22H,14-16H2,1-3H3,(H,25,28)(H,26,27)/t18-,22-/m0/s1. The van der Waals surface area contributed by atoms with E-state index in [1.807, 2.05) is 74.5 Å². The molecule has 0 unspecified atom stereocenters. The van der Waals surface area contributed by atoms with Gasteiger partial charge < -0.3 is 15.4 Å². The molecule has 0 aliphatic heterocycles. The number of ether oxygens (including phenoxy) is 1. The summed E-state index contributed by atoms with van der Waals surface area (Å²) in [5.74, 6) is -1.42. The van der Waals surface area contributed by atoms with Crippen molar-refractivity contribution in [1.82, 2.24) is 10.6 Å². The number of carbonyl (C=O) groups excluding carboxylic acids is 3. The second-order valence-corrected chi connectivity index (χ2v) is 7.56. The highest BCUT2D eigenvalue weighted by Crippen LogP contribution is 2.08. The van der Waals surface area contributed by atoms with E-state index in [4.69, 9.17) is 4.74 Å². The first-order valence-electron chi connectivity index (χ1n) is 10.2. The van der Waals surface area contributed by atoms with E-state index in [1.165, 1.54) is 6.92 Å². The molecule has 6 nitrogen and oxygen atoms in total. The quantitative estimate of drug-likeness (QED) is 0.590. The Balaban J connectivity index is 1.82. The Kier molecular flexibility index (Phi) is 9.06. The molecule has 0 aromatic heterocycles. The maximum Gasteiger partial charge on any atom is 0.329 e. The monoisotopic (exact) mass is 410 g/mol. The van der Waals surface area contributed by atoms with Gasteiger partial charge in [0.05, 0.1) is 6.42 Å². The summed E-state index contributed by atoms with van der Waals surface area (Å²) in [7, 11) is 0. The van der Waals surface area contributed by atoms with Gasteiger partial charge in [-0.15, -0.1) is 0 Å². The zero-order valence-electron chi connectivity index (χ0n) is 17.8. The number of hydrogen-bond donors (Lipinski definition) is 2. The van der Waals surface area contributed by atoms with Crippen molar-refractivity contribution in [2.24, 2.45) is 5.92 Å². The molecule has 0 radical (unpaired) electrons. The van der Waals surface area contributed by atoms with Crippen LogP contribution in [0.4, 0.5) is 0 Å². The van der Waals surface area contributed by atoms with Crippen molar-refractivity contribution in [3.05, 3.63) is 71.8 Å². The van der Waals surface area contributed by atoms with Crippen molar-refractivity contribution in [3.63, 3.8) is 0 Å². The van der Waals surface area contributed by atoms with Crippen LogP contribution in [-0.2, 0) is 32.0 Å².